The monoisotopic (exact) mass is 939 g/mol. The number of rotatable bonds is 44. The molecule has 0 aliphatic heterocycles. The van der Waals surface area contributed by atoms with Crippen molar-refractivity contribution in [1.29, 1.82) is 0 Å². The van der Waals surface area contributed by atoms with Crippen LogP contribution >= 0.6 is 22.7 Å². The molecule has 0 atom stereocenters. The Morgan fingerprint density at radius 1 is 0.273 bits per heavy atom. The largest absolute Gasteiger partial charge is 0.143 e. The Balaban J connectivity index is 1.34. The average Bonchev–Trinajstić information content (AvgIpc) is 4.12. The van der Waals surface area contributed by atoms with E-state index in [2.05, 4.69) is 85.4 Å². The first-order chi connectivity index (χ1) is 32.7. The lowest BCUT2D eigenvalue weighted by Gasteiger charge is -2.34. The molecule has 0 saturated carbocycles. The van der Waals surface area contributed by atoms with Gasteiger partial charge in [-0.25, -0.2) is 0 Å². The van der Waals surface area contributed by atoms with E-state index < -0.39 is 0 Å². The van der Waals surface area contributed by atoms with Gasteiger partial charge in [-0.15, -0.1) is 22.7 Å². The molecule has 2 heteroatoms. The van der Waals surface area contributed by atoms with Gasteiger partial charge in [-0.3, -0.25) is 0 Å². The Bertz CT molecular complexity index is 1480. The zero-order valence-electron chi connectivity index (χ0n) is 44.4. The van der Waals surface area contributed by atoms with Crippen molar-refractivity contribution in [3.05, 3.63) is 57.3 Å². The van der Waals surface area contributed by atoms with Crippen LogP contribution < -0.4 is 0 Å². The lowest BCUT2D eigenvalue weighted by atomic mass is 9.68. The molecule has 2 aromatic heterocycles. The average molecular weight is 940 g/mol. The van der Waals surface area contributed by atoms with E-state index in [4.69, 9.17) is 0 Å². The van der Waals surface area contributed by atoms with Gasteiger partial charge < -0.3 is 0 Å². The molecule has 0 nitrogen and oxygen atoms in total. The Hall–Kier alpha value is -1.38. The van der Waals surface area contributed by atoms with Crippen molar-refractivity contribution in [2.75, 3.05) is 0 Å². The van der Waals surface area contributed by atoms with Crippen LogP contribution in [0.1, 0.15) is 332 Å². The topological polar surface area (TPSA) is 0 Å². The third-order valence-electron chi connectivity index (χ3n) is 16.9. The Morgan fingerprint density at radius 2 is 0.485 bits per heavy atom. The van der Waals surface area contributed by atoms with Gasteiger partial charge in [0.25, 0.3) is 0 Å². The second-order valence-electron chi connectivity index (χ2n) is 22.2. The van der Waals surface area contributed by atoms with Crippen LogP contribution in [0.15, 0.2) is 35.0 Å². The Kier molecular flexibility index (Phi) is 28.0. The highest BCUT2D eigenvalue weighted by atomic mass is 32.1. The molecule has 0 spiro atoms. The van der Waals surface area contributed by atoms with E-state index in [1.807, 2.05) is 0 Å². The van der Waals surface area contributed by atoms with Gasteiger partial charge in [0, 0.05) is 20.6 Å². The zero-order chi connectivity index (χ0) is 46.4. The van der Waals surface area contributed by atoms with E-state index in [0.717, 1.165) is 0 Å². The molecule has 0 saturated heterocycles. The molecule has 0 N–H and O–H groups in total. The lowest BCUT2D eigenvalue weighted by Crippen LogP contribution is -2.27. The van der Waals surface area contributed by atoms with Gasteiger partial charge in [-0.2, -0.15) is 0 Å². The maximum absolute atomic E-state index is 2.86. The van der Waals surface area contributed by atoms with Crippen LogP contribution in [0.5, 0.6) is 0 Å². The third-order valence-corrected chi connectivity index (χ3v) is 18.8. The molecule has 0 radical (unpaired) electrons. The van der Waals surface area contributed by atoms with Crippen molar-refractivity contribution in [2.24, 2.45) is 0 Å². The van der Waals surface area contributed by atoms with Crippen LogP contribution in [-0.2, 0) is 10.8 Å². The first-order valence-corrected chi connectivity index (χ1v) is 31.8. The van der Waals surface area contributed by atoms with Gasteiger partial charge >= 0.3 is 0 Å². The van der Waals surface area contributed by atoms with Crippen LogP contribution in [-0.4, -0.2) is 0 Å². The fraction of sp³-hybridized carbons (Fsp3) is 0.781. The first kappa shape index (κ1) is 55.5. The highest BCUT2D eigenvalue weighted by Gasteiger charge is 2.48. The minimum Gasteiger partial charge on any atom is -0.143 e. The first-order valence-electron chi connectivity index (χ1n) is 30.0. The Morgan fingerprint density at radius 3 is 0.712 bits per heavy atom. The van der Waals surface area contributed by atoms with Crippen molar-refractivity contribution in [2.45, 2.75) is 321 Å². The molecule has 0 fully saturated rings. The summed E-state index contributed by atoms with van der Waals surface area (Å²) in [6.07, 6.45) is 62.2. The van der Waals surface area contributed by atoms with Gasteiger partial charge in [0.1, 0.15) is 0 Å². The molecule has 2 aliphatic rings. The normalized spacial score (nSPS) is 14.2. The van der Waals surface area contributed by atoms with Gasteiger partial charge in [0.2, 0.25) is 0 Å². The van der Waals surface area contributed by atoms with Crippen LogP contribution in [0.25, 0.3) is 20.9 Å². The van der Waals surface area contributed by atoms with Crippen molar-refractivity contribution >= 4 is 22.7 Å². The molecule has 5 rings (SSSR count). The highest BCUT2D eigenvalue weighted by molar-refractivity contribution is 7.14. The number of unbranched alkanes of at least 4 members (excludes halogenated alkanes) is 36. The summed E-state index contributed by atoms with van der Waals surface area (Å²) in [5, 5.41) is 4.95. The second kappa shape index (κ2) is 33.2. The SMILES string of the molecule is CCCCCCCCCCCCC1(CCCCCCCCCCCC)c2cc3c(cc2-c2sccc21)C(CCCCCCCCCCCC)(CCCCCCCCCCCC)c1ccsc1-3. The fourth-order valence-corrected chi connectivity index (χ4v) is 14.9. The molecule has 2 aliphatic carbocycles. The van der Waals surface area contributed by atoms with E-state index in [9.17, 15) is 0 Å². The zero-order valence-corrected chi connectivity index (χ0v) is 46.0. The molecule has 3 aromatic rings. The number of fused-ring (bicyclic) bond motifs is 6. The molecule has 0 unspecified atom stereocenters. The van der Waals surface area contributed by atoms with Crippen molar-refractivity contribution in [3.63, 3.8) is 0 Å². The maximum atomic E-state index is 2.86. The number of thiophene rings is 2. The number of benzene rings is 1. The smallest absolute Gasteiger partial charge is 0.0387 e. The predicted molar refractivity (Wildman–Crippen MR) is 300 cm³/mol. The minimum absolute atomic E-state index is 0.190. The van der Waals surface area contributed by atoms with Crippen LogP contribution in [0.4, 0.5) is 0 Å². The summed E-state index contributed by atoms with van der Waals surface area (Å²) in [7, 11) is 0. The Labute approximate surface area is 419 Å². The van der Waals surface area contributed by atoms with E-state index >= 15 is 0 Å². The van der Waals surface area contributed by atoms with Crippen LogP contribution in [0.3, 0.4) is 0 Å². The summed E-state index contributed by atoms with van der Waals surface area (Å²) in [6.45, 7) is 9.35. The third kappa shape index (κ3) is 16.9. The molecular weight excluding hydrogens is 833 g/mol. The van der Waals surface area contributed by atoms with Crippen molar-refractivity contribution < 1.29 is 0 Å². The molecule has 374 valence electrons. The summed E-state index contributed by atoms with van der Waals surface area (Å²) in [4.78, 5) is 3.29. The number of hydrogen-bond acceptors (Lipinski definition) is 2. The van der Waals surface area contributed by atoms with E-state index in [1.54, 1.807) is 43.1 Å². The summed E-state index contributed by atoms with van der Waals surface area (Å²) >= 11 is 4.16. The quantitative estimate of drug-likeness (QED) is 0.0496. The van der Waals surface area contributed by atoms with Gasteiger partial charge in [0.15, 0.2) is 0 Å². The molecule has 0 amide bonds. The van der Waals surface area contributed by atoms with E-state index in [0.29, 0.717) is 0 Å². The molecule has 2 heterocycles. The predicted octanol–water partition coefficient (Wildman–Crippen LogP) is 23.6. The molecule has 0 bridgehead atoms. The highest BCUT2D eigenvalue weighted by Crippen LogP contribution is 2.62. The standard InChI is InChI=1S/C64H106S2/c1-5-9-13-17-21-25-29-33-37-41-47-63(48-42-38-34-30-26-22-18-14-10-6-2)57-45-51-65-61(57)55-54-60-56(53-59(55)63)62-58(46-52-66-62)64(60,49-43-39-35-31-27-23-19-15-11-7-3)50-44-40-36-32-28-24-20-16-12-8-4/h45-46,51-54H,5-44,47-50H2,1-4H3. The molecule has 1 aromatic carbocycles. The lowest BCUT2D eigenvalue weighted by molar-refractivity contribution is 0.394. The van der Waals surface area contributed by atoms with Gasteiger partial charge in [-0.05, 0) is 94.1 Å². The fourth-order valence-electron chi connectivity index (χ4n) is 12.8. The van der Waals surface area contributed by atoms with Crippen LogP contribution in [0.2, 0.25) is 0 Å². The maximum Gasteiger partial charge on any atom is 0.0387 e. The molecular formula is C64H106S2. The van der Waals surface area contributed by atoms with Gasteiger partial charge in [-0.1, -0.05) is 285 Å². The summed E-state index contributed by atoms with van der Waals surface area (Å²) < 4.78 is 0. The summed E-state index contributed by atoms with van der Waals surface area (Å²) in [6, 6.07) is 10.9. The van der Waals surface area contributed by atoms with Crippen molar-refractivity contribution in [1.82, 2.24) is 0 Å². The van der Waals surface area contributed by atoms with E-state index in [1.165, 1.54) is 283 Å². The van der Waals surface area contributed by atoms with Gasteiger partial charge in [0.05, 0.1) is 0 Å². The number of hydrogen-bond donors (Lipinski definition) is 0. The minimum atomic E-state index is 0.190. The van der Waals surface area contributed by atoms with E-state index in [-0.39, 0.29) is 10.8 Å². The van der Waals surface area contributed by atoms with Crippen molar-refractivity contribution in [3.8, 4) is 20.9 Å². The summed E-state index contributed by atoms with van der Waals surface area (Å²) in [5.74, 6) is 0. The van der Waals surface area contributed by atoms with Crippen LogP contribution in [0, 0.1) is 0 Å². The second-order valence-corrected chi connectivity index (χ2v) is 24.0. The molecule has 66 heavy (non-hydrogen) atoms. The summed E-state index contributed by atoms with van der Waals surface area (Å²) in [5.41, 5.74) is 10.6.